The minimum Gasteiger partial charge on any atom is -0.496 e. The van der Waals surface area contributed by atoms with Gasteiger partial charge in [-0.15, -0.1) is 0 Å². The summed E-state index contributed by atoms with van der Waals surface area (Å²) in [5.41, 5.74) is 2.58. The van der Waals surface area contributed by atoms with E-state index in [4.69, 9.17) is 4.74 Å². The van der Waals surface area contributed by atoms with Crippen molar-refractivity contribution in [1.82, 2.24) is 0 Å². The third-order valence-corrected chi connectivity index (χ3v) is 5.39. The Labute approximate surface area is 147 Å². The topological polar surface area (TPSA) is 81.7 Å². The van der Waals surface area contributed by atoms with Crippen LogP contribution >= 0.6 is 0 Å². The molecule has 0 unspecified atom stereocenters. The Morgan fingerprint density at radius 1 is 0.960 bits per heavy atom. The molecule has 0 heterocycles. The van der Waals surface area contributed by atoms with E-state index in [0.717, 1.165) is 0 Å². The van der Waals surface area contributed by atoms with Crippen molar-refractivity contribution < 1.29 is 22.7 Å². The summed E-state index contributed by atoms with van der Waals surface area (Å²) in [5.74, 6) is 0.0947. The molecule has 0 amide bonds. The van der Waals surface area contributed by atoms with E-state index >= 15 is 0 Å². The number of carbonyl (C=O) groups is 1. The SMILES string of the molecule is COC(=O)c1ccc(C)c(NS(=O)(=O)c2cc(C)c(OC)cc2C)c1. The van der Waals surface area contributed by atoms with E-state index in [-0.39, 0.29) is 10.5 Å². The molecular formula is C18H21NO5S. The highest BCUT2D eigenvalue weighted by Gasteiger charge is 2.20. The van der Waals surface area contributed by atoms with Crippen LogP contribution in [0, 0.1) is 20.8 Å². The van der Waals surface area contributed by atoms with E-state index in [1.54, 1.807) is 45.0 Å². The van der Waals surface area contributed by atoms with Crippen LogP contribution in [-0.2, 0) is 14.8 Å². The highest BCUT2D eigenvalue weighted by atomic mass is 32.2. The van der Waals surface area contributed by atoms with Crippen molar-refractivity contribution in [3.05, 3.63) is 52.6 Å². The summed E-state index contributed by atoms with van der Waals surface area (Å²) in [6.45, 7) is 5.24. The van der Waals surface area contributed by atoms with Gasteiger partial charge in [-0.25, -0.2) is 13.2 Å². The van der Waals surface area contributed by atoms with Crippen LogP contribution in [0.5, 0.6) is 5.75 Å². The number of sulfonamides is 1. The second-order valence-electron chi connectivity index (χ2n) is 5.71. The number of hydrogen-bond acceptors (Lipinski definition) is 5. The van der Waals surface area contributed by atoms with Gasteiger partial charge in [0.2, 0.25) is 0 Å². The molecule has 0 aliphatic heterocycles. The molecule has 0 aliphatic carbocycles. The number of nitrogens with one attached hydrogen (secondary N) is 1. The first-order chi connectivity index (χ1) is 11.7. The zero-order chi connectivity index (χ0) is 18.8. The van der Waals surface area contributed by atoms with Crippen molar-refractivity contribution in [2.24, 2.45) is 0 Å². The van der Waals surface area contributed by atoms with Gasteiger partial charge in [0.1, 0.15) is 5.75 Å². The molecule has 25 heavy (non-hydrogen) atoms. The van der Waals surface area contributed by atoms with Crippen molar-refractivity contribution in [2.45, 2.75) is 25.7 Å². The predicted octanol–water partition coefficient (Wildman–Crippen LogP) is 3.21. The lowest BCUT2D eigenvalue weighted by Gasteiger charge is -2.15. The van der Waals surface area contributed by atoms with E-state index in [1.165, 1.54) is 20.3 Å². The zero-order valence-electron chi connectivity index (χ0n) is 14.8. The number of carbonyl (C=O) groups excluding carboxylic acids is 1. The highest BCUT2D eigenvalue weighted by molar-refractivity contribution is 7.92. The van der Waals surface area contributed by atoms with Crippen LogP contribution in [-0.4, -0.2) is 28.6 Å². The fourth-order valence-electron chi connectivity index (χ4n) is 2.45. The van der Waals surface area contributed by atoms with Gasteiger partial charge < -0.3 is 9.47 Å². The number of aryl methyl sites for hydroxylation is 3. The summed E-state index contributed by atoms with van der Waals surface area (Å²) in [5, 5.41) is 0. The molecule has 0 aliphatic rings. The molecule has 1 N–H and O–H groups in total. The summed E-state index contributed by atoms with van der Waals surface area (Å²) in [6.07, 6.45) is 0. The van der Waals surface area contributed by atoms with Gasteiger partial charge in [0, 0.05) is 0 Å². The van der Waals surface area contributed by atoms with E-state index in [0.29, 0.717) is 28.1 Å². The summed E-state index contributed by atoms with van der Waals surface area (Å²) >= 11 is 0. The van der Waals surface area contributed by atoms with Crippen LogP contribution in [0.3, 0.4) is 0 Å². The fourth-order valence-corrected chi connectivity index (χ4v) is 3.88. The van der Waals surface area contributed by atoms with Crippen LogP contribution in [0.4, 0.5) is 5.69 Å². The van der Waals surface area contributed by atoms with Crippen LogP contribution in [0.25, 0.3) is 0 Å². The van der Waals surface area contributed by atoms with E-state index in [2.05, 4.69) is 9.46 Å². The summed E-state index contributed by atoms with van der Waals surface area (Å²) in [6, 6.07) is 7.96. The number of methoxy groups -OCH3 is 2. The summed E-state index contributed by atoms with van der Waals surface area (Å²) in [7, 11) is -1.01. The van der Waals surface area contributed by atoms with Crippen molar-refractivity contribution >= 4 is 21.7 Å². The van der Waals surface area contributed by atoms with Crippen LogP contribution in [0.2, 0.25) is 0 Å². The van der Waals surface area contributed by atoms with E-state index in [9.17, 15) is 13.2 Å². The van der Waals surface area contributed by atoms with Gasteiger partial charge in [-0.05, 0) is 61.7 Å². The number of ether oxygens (including phenoxy) is 2. The molecular weight excluding hydrogens is 342 g/mol. The van der Waals surface area contributed by atoms with Crippen LogP contribution < -0.4 is 9.46 Å². The number of rotatable bonds is 5. The lowest BCUT2D eigenvalue weighted by Crippen LogP contribution is -2.16. The number of esters is 1. The monoisotopic (exact) mass is 363 g/mol. The Hall–Kier alpha value is -2.54. The minimum atomic E-state index is -3.82. The fraction of sp³-hybridized carbons (Fsp3) is 0.278. The maximum Gasteiger partial charge on any atom is 0.337 e. The predicted molar refractivity (Wildman–Crippen MR) is 95.8 cm³/mol. The first kappa shape index (κ1) is 18.8. The average Bonchev–Trinajstić information content (AvgIpc) is 2.57. The Bertz CT molecular complexity index is 919. The molecule has 0 saturated heterocycles. The normalized spacial score (nSPS) is 11.1. The Kier molecular flexibility index (Phi) is 5.37. The highest BCUT2D eigenvalue weighted by Crippen LogP contribution is 2.28. The quantitative estimate of drug-likeness (QED) is 0.825. The Morgan fingerprint density at radius 3 is 2.24 bits per heavy atom. The molecule has 0 atom stereocenters. The van der Waals surface area contributed by atoms with E-state index in [1.807, 2.05) is 0 Å². The molecule has 6 nitrogen and oxygen atoms in total. The smallest absolute Gasteiger partial charge is 0.337 e. The number of benzene rings is 2. The molecule has 2 aromatic carbocycles. The van der Waals surface area contributed by atoms with Gasteiger partial charge in [-0.1, -0.05) is 6.07 Å². The zero-order valence-corrected chi connectivity index (χ0v) is 15.7. The lowest BCUT2D eigenvalue weighted by atomic mass is 10.1. The van der Waals surface area contributed by atoms with Gasteiger partial charge in [0.05, 0.1) is 30.4 Å². The molecule has 0 fully saturated rings. The van der Waals surface area contributed by atoms with Gasteiger partial charge in [0.15, 0.2) is 0 Å². The third-order valence-electron chi connectivity index (χ3n) is 3.88. The Morgan fingerprint density at radius 2 is 1.64 bits per heavy atom. The number of hydrogen-bond donors (Lipinski definition) is 1. The van der Waals surface area contributed by atoms with Gasteiger partial charge >= 0.3 is 5.97 Å². The molecule has 2 aromatic rings. The molecule has 0 saturated carbocycles. The maximum absolute atomic E-state index is 12.8. The van der Waals surface area contributed by atoms with Crippen LogP contribution in [0.1, 0.15) is 27.0 Å². The summed E-state index contributed by atoms with van der Waals surface area (Å²) < 4.78 is 38.1. The minimum absolute atomic E-state index is 0.161. The molecule has 134 valence electrons. The van der Waals surface area contributed by atoms with Gasteiger partial charge in [0.25, 0.3) is 10.0 Å². The van der Waals surface area contributed by atoms with Crippen molar-refractivity contribution in [1.29, 1.82) is 0 Å². The van der Waals surface area contributed by atoms with Gasteiger partial charge in [-0.2, -0.15) is 0 Å². The van der Waals surface area contributed by atoms with E-state index < -0.39 is 16.0 Å². The lowest BCUT2D eigenvalue weighted by molar-refractivity contribution is 0.0601. The molecule has 0 aromatic heterocycles. The first-order valence-electron chi connectivity index (χ1n) is 7.56. The molecule has 2 rings (SSSR count). The summed E-state index contributed by atoms with van der Waals surface area (Å²) in [4.78, 5) is 11.8. The first-order valence-corrected chi connectivity index (χ1v) is 9.05. The largest absolute Gasteiger partial charge is 0.496 e. The Balaban J connectivity index is 2.46. The van der Waals surface area contributed by atoms with Crippen molar-refractivity contribution in [3.8, 4) is 5.75 Å². The van der Waals surface area contributed by atoms with Gasteiger partial charge in [-0.3, -0.25) is 4.72 Å². The second-order valence-corrected chi connectivity index (χ2v) is 7.36. The van der Waals surface area contributed by atoms with Crippen molar-refractivity contribution in [3.63, 3.8) is 0 Å². The molecule has 0 bridgehead atoms. The standard InChI is InChI=1S/C18H21NO5S/c1-11-6-7-14(18(20)24-5)10-15(11)19-25(21,22)17-9-12(2)16(23-4)8-13(17)3/h6-10,19H,1-5H3. The maximum atomic E-state index is 12.8. The molecule has 0 spiro atoms. The molecule has 7 heteroatoms. The third kappa shape index (κ3) is 3.93. The van der Waals surface area contributed by atoms with Crippen molar-refractivity contribution in [2.75, 3.05) is 18.9 Å². The van der Waals surface area contributed by atoms with Crippen LogP contribution in [0.15, 0.2) is 35.2 Å². The average molecular weight is 363 g/mol. The second kappa shape index (κ2) is 7.14. The molecule has 0 radical (unpaired) electrons. The number of anilines is 1.